The van der Waals surface area contributed by atoms with Gasteiger partial charge < -0.3 is 9.72 Å². The van der Waals surface area contributed by atoms with Crippen molar-refractivity contribution in [2.24, 2.45) is 0 Å². The van der Waals surface area contributed by atoms with E-state index >= 15 is 0 Å². The van der Waals surface area contributed by atoms with Gasteiger partial charge in [-0.15, -0.1) is 0 Å². The van der Waals surface area contributed by atoms with Crippen molar-refractivity contribution in [2.75, 3.05) is 6.61 Å². The van der Waals surface area contributed by atoms with Gasteiger partial charge in [-0.1, -0.05) is 34.8 Å². The highest BCUT2D eigenvalue weighted by molar-refractivity contribution is 7.92. The Balaban J connectivity index is 2.42. The van der Waals surface area contributed by atoms with Crippen LogP contribution in [0, 0.1) is 6.92 Å². The third kappa shape index (κ3) is 3.41. The summed E-state index contributed by atoms with van der Waals surface area (Å²) in [4.78, 5) is 26.1. The SMILES string of the molecule is CCOC(=O)c1[nH]c2cc(Cl)cc(Cl)c2c1S(=O)(=O)c1ccc(C)cc1C=O. The number of fused-ring (bicyclic) bond motifs is 1. The summed E-state index contributed by atoms with van der Waals surface area (Å²) in [6.07, 6.45) is 0.456. The van der Waals surface area contributed by atoms with E-state index in [2.05, 4.69) is 4.98 Å². The summed E-state index contributed by atoms with van der Waals surface area (Å²) < 4.78 is 32.0. The predicted molar refractivity (Wildman–Crippen MR) is 106 cm³/mol. The lowest BCUT2D eigenvalue weighted by atomic mass is 10.2. The van der Waals surface area contributed by atoms with Gasteiger partial charge >= 0.3 is 5.97 Å². The highest BCUT2D eigenvalue weighted by Gasteiger charge is 2.33. The Morgan fingerprint density at radius 3 is 2.57 bits per heavy atom. The Bertz CT molecular complexity index is 1210. The Hall–Kier alpha value is -2.35. The molecule has 0 aliphatic rings. The first-order chi connectivity index (χ1) is 13.2. The smallest absolute Gasteiger partial charge is 0.356 e. The number of H-pyrrole nitrogens is 1. The molecular formula is C19H15Cl2NO5S. The van der Waals surface area contributed by atoms with Crippen molar-refractivity contribution >= 4 is 56.2 Å². The van der Waals surface area contributed by atoms with E-state index in [1.54, 1.807) is 19.9 Å². The van der Waals surface area contributed by atoms with Gasteiger partial charge in [0.05, 0.1) is 22.0 Å². The van der Waals surface area contributed by atoms with E-state index in [4.69, 9.17) is 27.9 Å². The molecule has 0 radical (unpaired) electrons. The van der Waals surface area contributed by atoms with Gasteiger partial charge in [0.15, 0.2) is 6.29 Å². The normalized spacial score (nSPS) is 11.6. The number of aromatic nitrogens is 1. The zero-order valence-corrected chi connectivity index (χ0v) is 17.2. The highest BCUT2D eigenvalue weighted by Crippen LogP contribution is 2.38. The van der Waals surface area contributed by atoms with Crippen LogP contribution in [0.25, 0.3) is 10.9 Å². The quantitative estimate of drug-likeness (QED) is 0.462. The van der Waals surface area contributed by atoms with Crippen LogP contribution in [0.2, 0.25) is 10.0 Å². The molecule has 0 fully saturated rings. The molecule has 0 unspecified atom stereocenters. The van der Waals surface area contributed by atoms with Crippen LogP contribution in [-0.2, 0) is 14.6 Å². The third-order valence-electron chi connectivity index (χ3n) is 4.10. The van der Waals surface area contributed by atoms with Crippen LogP contribution >= 0.6 is 23.2 Å². The average Bonchev–Trinajstić information content (AvgIpc) is 3.02. The van der Waals surface area contributed by atoms with E-state index < -0.39 is 15.8 Å². The number of aryl methyl sites for hydroxylation is 1. The van der Waals surface area contributed by atoms with Crippen molar-refractivity contribution < 1.29 is 22.7 Å². The maximum absolute atomic E-state index is 13.5. The van der Waals surface area contributed by atoms with E-state index in [1.165, 1.54) is 24.3 Å². The van der Waals surface area contributed by atoms with Crippen molar-refractivity contribution in [2.45, 2.75) is 23.6 Å². The van der Waals surface area contributed by atoms with Gasteiger partial charge in [0.25, 0.3) is 0 Å². The number of esters is 1. The number of hydrogen-bond donors (Lipinski definition) is 1. The van der Waals surface area contributed by atoms with Gasteiger partial charge in [-0.2, -0.15) is 0 Å². The number of carbonyl (C=O) groups is 2. The summed E-state index contributed by atoms with van der Waals surface area (Å²) in [6, 6.07) is 7.18. The molecule has 3 rings (SSSR count). The van der Waals surface area contributed by atoms with Gasteiger partial charge in [-0.05, 0) is 38.1 Å². The highest BCUT2D eigenvalue weighted by atomic mass is 35.5. The molecule has 0 bridgehead atoms. The maximum Gasteiger partial charge on any atom is 0.356 e. The van der Waals surface area contributed by atoms with Gasteiger partial charge in [0, 0.05) is 16.0 Å². The maximum atomic E-state index is 13.5. The van der Waals surface area contributed by atoms with Crippen LogP contribution in [0.4, 0.5) is 0 Å². The van der Waals surface area contributed by atoms with Crippen LogP contribution in [-0.4, -0.2) is 32.3 Å². The van der Waals surface area contributed by atoms with Gasteiger partial charge in [0.1, 0.15) is 10.6 Å². The fourth-order valence-corrected chi connectivity index (χ4v) is 5.37. The first kappa shape index (κ1) is 20.4. The van der Waals surface area contributed by atoms with Crippen molar-refractivity contribution in [1.29, 1.82) is 0 Å². The number of sulfone groups is 1. The Kier molecular flexibility index (Phi) is 5.52. The summed E-state index contributed by atoms with van der Waals surface area (Å²) in [5, 5.41) is 0.418. The third-order valence-corrected chi connectivity index (χ3v) is 6.51. The Labute approximate surface area is 171 Å². The first-order valence-corrected chi connectivity index (χ1v) is 10.4. The molecule has 1 N–H and O–H groups in total. The number of ether oxygens (including phenoxy) is 1. The van der Waals surface area contributed by atoms with Gasteiger partial charge in [0.2, 0.25) is 9.84 Å². The van der Waals surface area contributed by atoms with Crippen LogP contribution in [0.3, 0.4) is 0 Å². The predicted octanol–water partition coefficient (Wildman–Crippen LogP) is 4.61. The zero-order chi connectivity index (χ0) is 20.6. The number of aromatic amines is 1. The van der Waals surface area contributed by atoms with Crippen molar-refractivity contribution in [3.63, 3.8) is 0 Å². The molecule has 0 aliphatic carbocycles. The Morgan fingerprint density at radius 1 is 1.21 bits per heavy atom. The number of hydrogen-bond acceptors (Lipinski definition) is 5. The summed E-state index contributed by atoms with van der Waals surface area (Å²) in [7, 11) is -4.30. The minimum Gasteiger partial charge on any atom is -0.461 e. The zero-order valence-electron chi connectivity index (χ0n) is 14.9. The summed E-state index contributed by atoms with van der Waals surface area (Å²) in [5.41, 5.74) is 0.682. The second kappa shape index (κ2) is 7.58. The fourth-order valence-electron chi connectivity index (χ4n) is 2.95. The minimum atomic E-state index is -4.30. The molecule has 0 saturated heterocycles. The van der Waals surface area contributed by atoms with Gasteiger partial charge in [-0.25, -0.2) is 13.2 Å². The van der Waals surface area contributed by atoms with E-state index in [0.29, 0.717) is 6.29 Å². The number of rotatable bonds is 5. The summed E-state index contributed by atoms with van der Waals surface area (Å²) >= 11 is 12.3. The molecular weight excluding hydrogens is 425 g/mol. The topological polar surface area (TPSA) is 93.3 Å². The molecule has 6 nitrogen and oxygen atoms in total. The van der Waals surface area contributed by atoms with Crippen molar-refractivity contribution in [1.82, 2.24) is 4.98 Å². The molecule has 1 aromatic heterocycles. The summed E-state index contributed by atoms with van der Waals surface area (Å²) in [6.45, 7) is 3.38. The molecule has 0 spiro atoms. The van der Waals surface area contributed by atoms with E-state index in [9.17, 15) is 18.0 Å². The van der Waals surface area contributed by atoms with Crippen molar-refractivity contribution in [3.05, 3.63) is 57.2 Å². The largest absolute Gasteiger partial charge is 0.461 e. The molecule has 0 aliphatic heterocycles. The number of halogens is 2. The number of aldehydes is 1. The van der Waals surface area contributed by atoms with E-state index in [1.807, 2.05) is 0 Å². The molecule has 1 heterocycles. The minimum absolute atomic E-state index is 0.0192. The molecule has 3 aromatic rings. The molecule has 0 amide bonds. The number of carbonyl (C=O) groups excluding carboxylic acids is 2. The van der Waals surface area contributed by atoms with Crippen LogP contribution in [0.5, 0.6) is 0 Å². The second-order valence-corrected chi connectivity index (χ2v) is 8.72. The molecule has 0 saturated carbocycles. The van der Waals surface area contributed by atoms with Gasteiger partial charge in [-0.3, -0.25) is 4.79 Å². The molecule has 2 aromatic carbocycles. The Morgan fingerprint density at radius 2 is 1.93 bits per heavy atom. The number of benzene rings is 2. The van der Waals surface area contributed by atoms with Crippen LogP contribution in [0.15, 0.2) is 40.1 Å². The summed E-state index contributed by atoms with van der Waals surface area (Å²) in [5.74, 6) is -0.857. The molecule has 9 heteroatoms. The average molecular weight is 440 g/mol. The molecule has 0 atom stereocenters. The second-order valence-electron chi connectivity index (χ2n) is 6.02. The number of nitrogens with one attached hydrogen (secondary N) is 1. The lowest BCUT2D eigenvalue weighted by molar-refractivity contribution is 0.0516. The monoisotopic (exact) mass is 439 g/mol. The molecule has 146 valence electrons. The lowest BCUT2D eigenvalue weighted by Crippen LogP contribution is -2.13. The lowest BCUT2D eigenvalue weighted by Gasteiger charge is -2.10. The first-order valence-electron chi connectivity index (χ1n) is 8.19. The van der Waals surface area contributed by atoms with E-state index in [-0.39, 0.29) is 48.6 Å². The standard InChI is InChI=1S/C19H15Cl2NO5S/c1-3-27-19(24)17-18(16-13(21)7-12(20)8-14(16)22-17)28(25,26)15-5-4-10(2)6-11(15)9-23/h4-9,22H,3H2,1-2H3. The van der Waals surface area contributed by atoms with Crippen LogP contribution < -0.4 is 0 Å². The fraction of sp³-hybridized carbons (Fsp3) is 0.158. The van der Waals surface area contributed by atoms with Crippen LogP contribution in [0.1, 0.15) is 33.3 Å². The van der Waals surface area contributed by atoms with Crippen molar-refractivity contribution in [3.8, 4) is 0 Å². The van der Waals surface area contributed by atoms with E-state index in [0.717, 1.165) is 5.56 Å². The molecule has 28 heavy (non-hydrogen) atoms.